The molecule has 0 spiro atoms. The second-order valence-electron chi connectivity index (χ2n) is 10.2. The highest BCUT2D eigenvalue weighted by atomic mass is 16.6. The molecule has 4 atom stereocenters. The van der Waals surface area contributed by atoms with Gasteiger partial charge in [0.1, 0.15) is 5.60 Å². The maximum absolute atomic E-state index is 13.1. The molecule has 5 nitrogen and oxygen atoms in total. The Hall–Kier alpha value is -2.04. The van der Waals surface area contributed by atoms with E-state index in [0.717, 1.165) is 18.4 Å². The van der Waals surface area contributed by atoms with E-state index >= 15 is 0 Å². The van der Waals surface area contributed by atoms with Crippen LogP contribution in [-0.2, 0) is 16.1 Å². The summed E-state index contributed by atoms with van der Waals surface area (Å²) in [7, 11) is 0. The summed E-state index contributed by atoms with van der Waals surface area (Å²) in [4.78, 5) is 25.7. The van der Waals surface area contributed by atoms with E-state index in [9.17, 15) is 9.59 Å². The van der Waals surface area contributed by atoms with E-state index < -0.39 is 17.2 Å². The molecule has 4 rings (SSSR count). The van der Waals surface area contributed by atoms with E-state index in [-0.39, 0.29) is 23.2 Å². The Morgan fingerprint density at radius 3 is 2.32 bits per heavy atom. The summed E-state index contributed by atoms with van der Waals surface area (Å²) >= 11 is 0. The van der Waals surface area contributed by atoms with Crippen molar-refractivity contribution < 1.29 is 14.3 Å². The highest BCUT2D eigenvalue weighted by Gasteiger charge is 2.65. The number of hydrogen-bond acceptors (Lipinski definition) is 3. The van der Waals surface area contributed by atoms with Crippen molar-refractivity contribution in [2.24, 2.45) is 23.2 Å². The number of benzene rings is 1. The molecule has 0 aromatic heterocycles. The fourth-order valence-electron chi connectivity index (χ4n) is 5.19. The summed E-state index contributed by atoms with van der Waals surface area (Å²) in [6.45, 7) is 12.6. The first-order valence-corrected chi connectivity index (χ1v) is 10.3. The molecule has 0 saturated heterocycles. The van der Waals surface area contributed by atoms with Gasteiger partial charge in [-0.05, 0) is 63.4 Å². The molecule has 28 heavy (non-hydrogen) atoms. The van der Waals surface area contributed by atoms with Gasteiger partial charge in [-0.15, -0.1) is 0 Å². The summed E-state index contributed by atoms with van der Waals surface area (Å²) in [6, 6.07) is 9.89. The lowest BCUT2D eigenvalue weighted by Crippen LogP contribution is -2.72. The summed E-state index contributed by atoms with van der Waals surface area (Å²) in [5.41, 5.74) is -0.0157. The first kappa shape index (κ1) is 20.7. The van der Waals surface area contributed by atoms with Crippen LogP contribution in [0.3, 0.4) is 0 Å². The zero-order valence-electron chi connectivity index (χ0n) is 18.0. The Labute approximate surface area is 168 Å². The van der Waals surface area contributed by atoms with Crippen LogP contribution in [0.4, 0.5) is 4.79 Å². The Morgan fingerprint density at radius 1 is 1.11 bits per heavy atom. The third-order valence-corrected chi connectivity index (χ3v) is 6.83. The topological polar surface area (TPSA) is 67.4 Å². The van der Waals surface area contributed by atoms with E-state index in [2.05, 4.69) is 24.5 Å². The molecule has 154 valence electrons. The van der Waals surface area contributed by atoms with Gasteiger partial charge >= 0.3 is 6.09 Å². The minimum atomic E-state index is -0.624. The molecule has 0 radical (unpaired) electrons. The predicted molar refractivity (Wildman–Crippen MR) is 110 cm³/mol. The van der Waals surface area contributed by atoms with Crippen molar-refractivity contribution in [1.82, 2.24) is 10.6 Å². The third kappa shape index (κ3) is 3.89. The first-order valence-electron chi connectivity index (χ1n) is 10.3. The zero-order chi connectivity index (χ0) is 20.7. The highest BCUT2D eigenvalue weighted by molar-refractivity contribution is 5.82. The average molecular weight is 387 g/mol. The molecule has 2 amide bonds. The summed E-state index contributed by atoms with van der Waals surface area (Å²) in [6.07, 6.45) is 1.38. The number of rotatable bonds is 4. The molecule has 1 aromatic rings. The van der Waals surface area contributed by atoms with Crippen LogP contribution >= 0.6 is 0 Å². The van der Waals surface area contributed by atoms with Gasteiger partial charge in [-0.1, -0.05) is 44.2 Å². The normalized spacial score (nSPS) is 30.7. The van der Waals surface area contributed by atoms with Crippen LogP contribution in [0.1, 0.15) is 59.9 Å². The van der Waals surface area contributed by atoms with Crippen molar-refractivity contribution in [1.29, 1.82) is 0 Å². The van der Waals surface area contributed by atoms with Crippen LogP contribution in [0.15, 0.2) is 30.3 Å². The molecule has 3 fully saturated rings. The van der Waals surface area contributed by atoms with Crippen LogP contribution in [0.25, 0.3) is 0 Å². The van der Waals surface area contributed by atoms with Crippen molar-refractivity contribution >= 4 is 12.0 Å². The van der Waals surface area contributed by atoms with Gasteiger partial charge in [0.05, 0.1) is 11.5 Å². The molecule has 0 aliphatic heterocycles. The molecule has 3 aliphatic rings. The van der Waals surface area contributed by atoms with Gasteiger partial charge in [0.15, 0.2) is 0 Å². The first-order chi connectivity index (χ1) is 12.9. The van der Waals surface area contributed by atoms with Crippen molar-refractivity contribution in [3.05, 3.63) is 35.9 Å². The second-order valence-corrected chi connectivity index (χ2v) is 10.2. The minimum Gasteiger partial charge on any atom is -0.444 e. The molecule has 0 heterocycles. The predicted octanol–water partition coefficient (Wildman–Crippen LogP) is 4.27. The van der Waals surface area contributed by atoms with Gasteiger partial charge in [-0.3, -0.25) is 4.79 Å². The lowest BCUT2D eigenvalue weighted by Gasteiger charge is -2.66. The van der Waals surface area contributed by atoms with Crippen LogP contribution in [-0.4, -0.2) is 23.1 Å². The molecule has 2 bridgehead atoms. The van der Waals surface area contributed by atoms with E-state index in [4.69, 9.17) is 4.74 Å². The van der Waals surface area contributed by atoms with Crippen molar-refractivity contribution in [3.63, 3.8) is 0 Å². The van der Waals surface area contributed by atoms with E-state index in [1.54, 1.807) is 0 Å². The summed E-state index contributed by atoms with van der Waals surface area (Å²) in [5, 5.41) is 6.19. The number of amides is 2. The molecule has 2 N–H and O–H groups in total. The van der Waals surface area contributed by atoms with Gasteiger partial charge < -0.3 is 15.4 Å². The van der Waals surface area contributed by atoms with Gasteiger partial charge in [0, 0.05) is 6.54 Å². The van der Waals surface area contributed by atoms with Crippen LogP contribution in [0.5, 0.6) is 0 Å². The van der Waals surface area contributed by atoms with Gasteiger partial charge in [0.25, 0.3) is 0 Å². The highest BCUT2D eigenvalue weighted by Crippen LogP contribution is 2.64. The molecule has 3 saturated carbocycles. The largest absolute Gasteiger partial charge is 0.444 e. The molecule has 3 aliphatic carbocycles. The summed E-state index contributed by atoms with van der Waals surface area (Å²) < 4.78 is 5.52. The Kier molecular flexibility index (Phi) is 5.24. The van der Waals surface area contributed by atoms with Crippen molar-refractivity contribution in [2.45, 2.75) is 72.1 Å². The maximum Gasteiger partial charge on any atom is 0.408 e. The lowest BCUT2D eigenvalue weighted by molar-refractivity contribution is -0.166. The number of carbonyl (C=O) groups is 2. The lowest BCUT2D eigenvalue weighted by atomic mass is 9.40. The van der Waals surface area contributed by atoms with Crippen molar-refractivity contribution in [2.75, 3.05) is 0 Å². The Bertz CT molecular complexity index is 738. The third-order valence-electron chi connectivity index (χ3n) is 6.83. The summed E-state index contributed by atoms with van der Waals surface area (Å²) in [5.74, 6) is 0.505. The molecular weight excluding hydrogens is 352 g/mol. The number of nitrogens with one attached hydrogen (secondary N) is 2. The standard InChI is InChI=1S/C23H34N2O3/c1-21(2,3)28-20(27)25-23(6)17(12-16-13-18(23)22(16,4)5)19(26)24-14-15-10-8-7-9-11-15/h7-11,16-18H,12-14H2,1-6H3,(H,24,26)(H,25,27)/t16-,17+,18+,23-/m0/s1. The van der Waals surface area contributed by atoms with Crippen molar-refractivity contribution in [3.8, 4) is 0 Å². The van der Waals surface area contributed by atoms with E-state index in [0.29, 0.717) is 12.5 Å². The second kappa shape index (κ2) is 7.09. The van der Waals surface area contributed by atoms with Crippen LogP contribution in [0, 0.1) is 23.2 Å². The van der Waals surface area contributed by atoms with Gasteiger partial charge in [0.2, 0.25) is 5.91 Å². The molecule has 0 unspecified atom stereocenters. The minimum absolute atomic E-state index is 0.00705. The Balaban J connectivity index is 1.76. The molecular formula is C23H34N2O3. The number of alkyl carbamates (subject to hydrolysis) is 1. The number of fused-ring (bicyclic) bond motifs is 2. The monoisotopic (exact) mass is 386 g/mol. The number of carbonyl (C=O) groups excluding carboxylic acids is 2. The van der Waals surface area contributed by atoms with Crippen LogP contribution in [0.2, 0.25) is 0 Å². The van der Waals surface area contributed by atoms with Gasteiger partial charge in [-0.25, -0.2) is 4.79 Å². The average Bonchev–Trinajstić information content (AvgIpc) is 2.57. The number of hydrogen-bond donors (Lipinski definition) is 2. The Morgan fingerprint density at radius 2 is 1.75 bits per heavy atom. The fourth-order valence-corrected chi connectivity index (χ4v) is 5.19. The maximum atomic E-state index is 13.1. The SMILES string of the molecule is CC(C)(C)OC(=O)N[C@@]1(C)[C@@H](C(=O)NCc2ccccc2)C[C@H]2C[C@@H]1C2(C)C. The zero-order valence-corrected chi connectivity index (χ0v) is 18.0. The number of ether oxygens (including phenoxy) is 1. The molecule has 1 aromatic carbocycles. The van der Waals surface area contributed by atoms with Crippen LogP contribution < -0.4 is 10.6 Å². The molecule has 5 heteroatoms. The van der Waals surface area contributed by atoms with Gasteiger partial charge in [-0.2, -0.15) is 0 Å². The quantitative estimate of drug-likeness (QED) is 0.812. The fraction of sp³-hybridized carbons (Fsp3) is 0.652. The smallest absolute Gasteiger partial charge is 0.408 e. The van der Waals surface area contributed by atoms with E-state index in [1.165, 1.54) is 0 Å². The van der Waals surface area contributed by atoms with E-state index in [1.807, 2.05) is 58.0 Å².